The molecule has 0 amide bonds. The highest BCUT2D eigenvalue weighted by Crippen LogP contribution is 2.40. The highest BCUT2D eigenvalue weighted by atomic mass is 35.5. The molecule has 0 saturated carbocycles. The van der Waals surface area contributed by atoms with Gasteiger partial charge in [0.1, 0.15) is 5.75 Å². The maximum atomic E-state index is 9.42. The third kappa shape index (κ3) is 1.78. The van der Waals surface area contributed by atoms with E-state index in [-0.39, 0.29) is 6.61 Å². The monoisotopic (exact) mass is 262 g/mol. The molecule has 0 radical (unpaired) electrons. The Morgan fingerprint density at radius 3 is 2.50 bits per heavy atom. The van der Waals surface area contributed by atoms with E-state index in [0.717, 1.165) is 5.56 Å². The standard InChI is InChI=1S/C11H12Cl2O3/c1-15-10-3-8(12)7(2-9(10)13)11(4-14)5-16-6-11/h2-3,14H,4-6H2,1H3. The van der Waals surface area contributed by atoms with Crippen molar-refractivity contribution in [3.63, 3.8) is 0 Å². The molecule has 0 spiro atoms. The Balaban J connectivity index is 2.45. The SMILES string of the molecule is COc1cc(Cl)c(C2(CO)COC2)cc1Cl. The summed E-state index contributed by atoms with van der Waals surface area (Å²) in [6.45, 7) is 0.924. The lowest BCUT2D eigenvalue weighted by molar-refractivity contribution is -0.0841. The summed E-state index contributed by atoms with van der Waals surface area (Å²) in [7, 11) is 1.53. The predicted octanol–water partition coefficient (Wildman–Crippen LogP) is 2.26. The van der Waals surface area contributed by atoms with Crippen LogP contribution in [0.4, 0.5) is 0 Å². The largest absolute Gasteiger partial charge is 0.495 e. The fraction of sp³-hybridized carbons (Fsp3) is 0.455. The molecule has 88 valence electrons. The van der Waals surface area contributed by atoms with Crippen molar-refractivity contribution in [1.29, 1.82) is 0 Å². The molecule has 0 aromatic heterocycles. The van der Waals surface area contributed by atoms with Gasteiger partial charge in [-0.05, 0) is 11.6 Å². The van der Waals surface area contributed by atoms with E-state index in [9.17, 15) is 5.11 Å². The molecule has 0 aliphatic carbocycles. The Morgan fingerprint density at radius 1 is 1.38 bits per heavy atom. The highest BCUT2D eigenvalue weighted by Gasteiger charge is 2.41. The van der Waals surface area contributed by atoms with E-state index in [2.05, 4.69) is 0 Å². The summed E-state index contributed by atoms with van der Waals surface area (Å²) >= 11 is 12.2. The summed E-state index contributed by atoms with van der Waals surface area (Å²) in [5.41, 5.74) is 0.404. The number of hydrogen-bond donors (Lipinski definition) is 1. The van der Waals surface area contributed by atoms with Gasteiger partial charge in [-0.3, -0.25) is 0 Å². The predicted molar refractivity (Wildman–Crippen MR) is 62.6 cm³/mol. The molecule has 1 saturated heterocycles. The highest BCUT2D eigenvalue weighted by molar-refractivity contribution is 6.34. The number of rotatable bonds is 3. The lowest BCUT2D eigenvalue weighted by atomic mass is 9.79. The van der Waals surface area contributed by atoms with Crippen LogP contribution >= 0.6 is 23.2 Å². The summed E-state index contributed by atoms with van der Waals surface area (Å²) in [4.78, 5) is 0. The fourth-order valence-electron chi connectivity index (χ4n) is 1.77. The normalized spacial score (nSPS) is 18.0. The summed E-state index contributed by atoms with van der Waals surface area (Å²) in [6, 6.07) is 3.40. The number of aliphatic hydroxyl groups is 1. The molecule has 0 unspecified atom stereocenters. The number of hydrogen-bond acceptors (Lipinski definition) is 3. The second kappa shape index (κ2) is 4.41. The van der Waals surface area contributed by atoms with Crippen LogP contribution in [0.15, 0.2) is 12.1 Å². The molecule has 1 aromatic rings. The number of benzene rings is 1. The molecular formula is C11H12Cl2O3. The van der Waals surface area contributed by atoms with E-state index in [1.807, 2.05) is 0 Å². The fourth-order valence-corrected chi connectivity index (χ4v) is 2.37. The first-order valence-electron chi connectivity index (χ1n) is 4.85. The van der Waals surface area contributed by atoms with Crippen LogP contribution in [0.3, 0.4) is 0 Å². The molecule has 0 atom stereocenters. The van der Waals surface area contributed by atoms with Gasteiger partial charge in [-0.2, -0.15) is 0 Å². The minimum absolute atomic E-state index is 0.00459. The molecule has 1 N–H and O–H groups in total. The Morgan fingerprint density at radius 2 is 2.06 bits per heavy atom. The van der Waals surface area contributed by atoms with Gasteiger partial charge in [-0.15, -0.1) is 0 Å². The van der Waals surface area contributed by atoms with Crippen molar-refractivity contribution in [3.05, 3.63) is 27.7 Å². The van der Waals surface area contributed by atoms with E-state index in [0.29, 0.717) is 29.0 Å². The van der Waals surface area contributed by atoms with Gasteiger partial charge in [0.15, 0.2) is 0 Å². The van der Waals surface area contributed by atoms with Gasteiger partial charge in [0.25, 0.3) is 0 Å². The molecule has 5 heteroatoms. The topological polar surface area (TPSA) is 38.7 Å². The smallest absolute Gasteiger partial charge is 0.138 e. The van der Waals surface area contributed by atoms with Gasteiger partial charge in [0, 0.05) is 11.1 Å². The van der Waals surface area contributed by atoms with Gasteiger partial charge in [0.05, 0.1) is 37.4 Å². The Hall–Kier alpha value is -0.480. The van der Waals surface area contributed by atoms with Crippen molar-refractivity contribution in [2.24, 2.45) is 0 Å². The minimum Gasteiger partial charge on any atom is -0.495 e. The van der Waals surface area contributed by atoms with E-state index >= 15 is 0 Å². The number of methoxy groups -OCH3 is 1. The van der Waals surface area contributed by atoms with Gasteiger partial charge in [-0.25, -0.2) is 0 Å². The van der Waals surface area contributed by atoms with Crippen molar-refractivity contribution < 1.29 is 14.6 Å². The van der Waals surface area contributed by atoms with E-state index in [1.54, 1.807) is 12.1 Å². The summed E-state index contributed by atoms with van der Waals surface area (Å²) in [5, 5.41) is 10.4. The van der Waals surface area contributed by atoms with Crippen molar-refractivity contribution in [2.45, 2.75) is 5.41 Å². The second-order valence-electron chi connectivity index (χ2n) is 3.90. The van der Waals surface area contributed by atoms with Gasteiger partial charge >= 0.3 is 0 Å². The van der Waals surface area contributed by atoms with E-state index < -0.39 is 5.41 Å². The number of halogens is 2. The molecule has 1 aliphatic rings. The maximum Gasteiger partial charge on any atom is 0.138 e. The lowest BCUT2D eigenvalue weighted by Crippen LogP contribution is -2.49. The van der Waals surface area contributed by atoms with Crippen molar-refractivity contribution in [2.75, 3.05) is 26.9 Å². The van der Waals surface area contributed by atoms with E-state index in [4.69, 9.17) is 32.7 Å². The van der Waals surface area contributed by atoms with Crippen molar-refractivity contribution in [1.82, 2.24) is 0 Å². The summed E-state index contributed by atoms with van der Waals surface area (Å²) in [5.74, 6) is 0.531. The molecule has 16 heavy (non-hydrogen) atoms. The van der Waals surface area contributed by atoms with Crippen LogP contribution in [0.5, 0.6) is 5.75 Å². The maximum absolute atomic E-state index is 9.42. The van der Waals surface area contributed by atoms with Gasteiger partial charge < -0.3 is 14.6 Å². The van der Waals surface area contributed by atoms with Crippen LogP contribution in [0, 0.1) is 0 Å². The minimum atomic E-state index is -0.410. The zero-order chi connectivity index (χ0) is 11.8. The summed E-state index contributed by atoms with van der Waals surface area (Å²) < 4.78 is 10.2. The number of aliphatic hydroxyl groups excluding tert-OH is 1. The molecule has 1 aromatic carbocycles. The quantitative estimate of drug-likeness (QED) is 0.909. The van der Waals surface area contributed by atoms with Crippen LogP contribution in [-0.2, 0) is 10.2 Å². The van der Waals surface area contributed by atoms with Crippen LogP contribution in [0.1, 0.15) is 5.56 Å². The third-order valence-corrected chi connectivity index (χ3v) is 3.48. The molecule has 1 fully saturated rings. The first-order chi connectivity index (χ1) is 7.63. The van der Waals surface area contributed by atoms with E-state index in [1.165, 1.54) is 7.11 Å². The molecule has 1 heterocycles. The Kier molecular flexibility index (Phi) is 3.31. The van der Waals surface area contributed by atoms with Crippen LogP contribution in [-0.4, -0.2) is 32.0 Å². The van der Waals surface area contributed by atoms with Crippen LogP contribution in [0.25, 0.3) is 0 Å². The van der Waals surface area contributed by atoms with Gasteiger partial charge in [-0.1, -0.05) is 23.2 Å². The van der Waals surface area contributed by atoms with Gasteiger partial charge in [0.2, 0.25) is 0 Å². The molecular weight excluding hydrogens is 251 g/mol. The first kappa shape index (κ1) is 12.0. The number of ether oxygens (including phenoxy) is 2. The lowest BCUT2D eigenvalue weighted by Gasteiger charge is -2.41. The second-order valence-corrected chi connectivity index (χ2v) is 4.71. The zero-order valence-electron chi connectivity index (χ0n) is 8.80. The molecule has 0 bridgehead atoms. The molecule has 1 aliphatic heterocycles. The van der Waals surface area contributed by atoms with Crippen LogP contribution in [0.2, 0.25) is 10.0 Å². The zero-order valence-corrected chi connectivity index (χ0v) is 10.3. The Labute approximate surface area is 104 Å². The van der Waals surface area contributed by atoms with Crippen molar-refractivity contribution in [3.8, 4) is 5.75 Å². The molecule has 3 nitrogen and oxygen atoms in total. The van der Waals surface area contributed by atoms with Crippen LogP contribution < -0.4 is 4.74 Å². The summed E-state index contributed by atoms with van der Waals surface area (Å²) in [6.07, 6.45) is 0. The average Bonchev–Trinajstić information content (AvgIpc) is 2.22. The molecule has 2 rings (SSSR count). The average molecular weight is 263 g/mol. The first-order valence-corrected chi connectivity index (χ1v) is 5.61. The Bertz CT molecular complexity index is 397. The third-order valence-electron chi connectivity index (χ3n) is 2.87. The van der Waals surface area contributed by atoms with Crippen molar-refractivity contribution >= 4 is 23.2 Å².